The molecule has 1 amide bonds. The van der Waals surface area contributed by atoms with Crippen molar-refractivity contribution in [1.29, 1.82) is 0 Å². The number of hydrogen-bond donors (Lipinski definition) is 2. The third-order valence-corrected chi connectivity index (χ3v) is 2.17. The molecule has 14 heavy (non-hydrogen) atoms. The fourth-order valence-corrected chi connectivity index (χ4v) is 1.55. The van der Waals surface area contributed by atoms with Gasteiger partial charge < -0.3 is 10.6 Å². The van der Waals surface area contributed by atoms with Gasteiger partial charge in [0.05, 0.1) is 5.92 Å². The van der Waals surface area contributed by atoms with Crippen molar-refractivity contribution in [2.24, 2.45) is 5.92 Å². The number of nitrogens with one attached hydrogen (secondary N) is 2. The summed E-state index contributed by atoms with van der Waals surface area (Å²) in [7, 11) is 0. The molecule has 1 aliphatic rings. The lowest BCUT2D eigenvalue weighted by Crippen LogP contribution is -2.47. The molecular weight excluding hydrogens is 200 g/mol. The van der Waals surface area contributed by atoms with Crippen molar-refractivity contribution in [3.63, 3.8) is 0 Å². The predicted molar refractivity (Wildman–Crippen MR) is 60.7 cm³/mol. The number of amides is 1. The molecule has 0 aliphatic carbocycles. The Kier molecular flexibility index (Phi) is 5.45. The van der Waals surface area contributed by atoms with Crippen LogP contribution in [0, 0.1) is 5.92 Å². The first-order chi connectivity index (χ1) is 5.99. The van der Waals surface area contributed by atoms with Crippen molar-refractivity contribution in [3.8, 4) is 0 Å². The highest BCUT2D eigenvalue weighted by molar-refractivity contribution is 5.85. The maximum absolute atomic E-state index is 11.7. The average Bonchev–Trinajstić information content (AvgIpc) is 2.03. The van der Waals surface area contributed by atoms with Gasteiger partial charge in [-0.15, -0.1) is 12.4 Å². The van der Waals surface area contributed by atoms with E-state index in [1.54, 1.807) is 0 Å². The first kappa shape index (κ1) is 13.7. The number of carbonyl (C=O) groups excluding carboxylic acids is 1. The molecular formula is C10H21ClN2O. The first-order valence-electron chi connectivity index (χ1n) is 5.02. The SMILES string of the molecule is CC(C)(C)NC(=O)C1CCCNC1.Cl. The van der Waals surface area contributed by atoms with Crippen molar-refractivity contribution in [3.05, 3.63) is 0 Å². The Morgan fingerprint density at radius 3 is 2.50 bits per heavy atom. The molecule has 84 valence electrons. The second kappa shape index (κ2) is 5.56. The zero-order valence-electron chi connectivity index (χ0n) is 9.22. The second-order valence-corrected chi connectivity index (χ2v) is 4.78. The smallest absolute Gasteiger partial charge is 0.224 e. The van der Waals surface area contributed by atoms with Crippen LogP contribution in [0.3, 0.4) is 0 Å². The molecule has 1 atom stereocenters. The fourth-order valence-electron chi connectivity index (χ4n) is 1.55. The van der Waals surface area contributed by atoms with E-state index in [0.29, 0.717) is 0 Å². The van der Waals surface area contributed by atoms with E-state index in [1.165, 1.54) is 0 Å². The van der Waals surface area contributed by atoms with Gasteiger partial charge in [-0.05, 0) is 40.2 Å². The van der Waals surface area contributed by atoms with Crippen LogP contribution in [0.25, 0.3) is 0 Å². The van der Waals surface area contributed by atoms with E-state index in [4.69, 9.17) is 0 Å². The lowest BCUT2D eigenvalue weighted by molar-refractivity contribution is -0.126. The van der Waals surface area contributed by atoms with Crippen molar-refractivity contribution in [1.82, 2.24) is 10.6 Å². The molecule has 1 unspecified atom stereocenters. The van der Waals surface area contributed by atoms with Gasteiger partial charge in [-0.1, -0.05) is 0 Å². The topological polar surface area (TPSA) is 41.1 Å². The molecule has 0 aromatic rings. The molecule has 0 aromatic carbocycles. The van der Waals surface area contributed by atoms with E-state index in [-0.39, 0.29) is 29.8 Å². The van der Waals surface area contributed by atoms with Gasteiger partial charge in [0.25, 0.3) is 0 Å². The van der Waals surface area contributed by atoms with Gasteiger partial charge in [0.2, 0.25) is 5.91 Å². The van der Waals surface area contributed by atoms with E-state index < -0.39 is 0 Å². The van der Waals surface area contributed by atoms with Crippen molar-refractivity contribution in [2.45, 2.75) is 39.2 Å². The van der Waals surface area contributed by atoms with E-state index >= 15 is 0 Å². The molecule has 2 N–H and O–H groups in total. The normalized spacial score (nSPS) is 22.4. The fraction of sp³-hybridized carbons (Fsp3) is 0.900. The van der Waals surface area contributed by atoms with Crippen LogP contribution in [0.2, 0.25) is 0 Å². The number of rotatable bonds is 1. The number of hydrogen-bond acceptors (Lipinski definition) is 2. The Labute approximate surface area is 92.4 Å². The summed E-state index contributed by atoms with van der Waals surface area (Å²) >= 11 is 0. The predicted octanol–water partition coefficient (Wildman–Crippen LogP) is 1.32. The highest BCUT2D eigenvalue weighted by atomic mass is 35.5. The van der Waals surface area contributed by atoms with Gasteiger partial charge in [-0.3, -0.25) is 4.79 Å². The number of piperidine rings is 1. The Balaban J connectivity index is 0.00000169. The van der Waals surface area contributed by atoms with Gasteiger partial charge in [0.15, 0.2) is 0 Å². The monoisotopic (exact) mass is 220 g/mol. The molecule has 1 heterocycles. The highest BCUT2D eigenvalue weighted by Crippen LogP contribution is 2.11. The quantitative estimate of drug-likeness (QED) is 0.700. The Morgan fingerprint density at radius 1 is 1.43 bits per heavy atom. The zero-order chi connectivity index (χ0) is 9.90. The van der Waals surface area contributed by atoms with Crippen LogP contribution in [-0.4, -0.2) is 24.5 Å². The molecule has 0 spiro atoms. The Hall–Kier alpha value is -0.280. The molecule has 0 radical (unpaired) electrons. The van der Waals surface area contributed by atoms with Crippen LogP contribution in [0.1, 0.15) is 33.6 Å². The molecule has 3 nitrogen and oxygen atoms in total. The van der Waals surface area contributed by atoms with Crippen molar-refractivity contribution >= 4 is 18.3 Å². The molecule has 4 heteroatoms. The van der Waals surface area contributed by atoms with Crippen LogP contribution in [0.15, 0.2) is 0 Å². The Morgan fingerprint density at radius 2 is 2.07 bits per heavy atom. The lowest BCUT2D eigenvalue weighted by atomic mass is 9.97. The van der Waals surface area contributed by atoms with E-state index in [0.717, 1.165) is 25.9 Å². The third-order valence-electron chi connectivity index (χ3n) is 2.17. The van der Waals surface area contributed by atoms with Crippen LogP contribution in [0.5, 0.6) is 0 Å². The number of carbonyl (C=O) groups is 1. The standard InChI is InChI=1S/C10H20N2O.ClH/c1-10(2,3)12-9(13)8-5-4-6-11-7-8;/h8,11H,4-7H2,1-3H3,(H,12,13);1H. The van der Waals surface area contributed by atoms with Gasteiger partial charge in [0, 0.05) is 12.1 Å². The van der Waals surface area contributed by atoms with Crippen LogP contribution in [0.4, 0.5) is 0 Å². The maximum Gasteiger partial charge on any atom is 0.224 e. The minimum absolute atomic E-state index is 0. The van der Waals surface area contributed by atoms with E-state index in [9.17, 15) is 4.79 Å². The summed E-state index contributed by atoms with van der Waals surface area (Å²) in [6, 6.07) is 0. The van der Waals surface area contributed by atoms with Crippen molar-refractivity contribution < 1.29 is 4.79 Å². The van der Waals surface area contributed by atoms with Crippen LogP contribution in [-0.2, 0) is 4.79 Å². The molecule has 0 aromatic heterocycles. The van der Waals surface area contributed by atoms with Gasteiger partial charge in [-0.2, -0.15) is 0 Å². The third kappa shape index (κ3) is 4.82. The zero-order valence-corrected chi connectivity index (χ0v) is 10.0. The maximum atomic E-state index is 11.7. The highest BCUT2D eigenvalue weighted by Gasteiger charge is 2.23. The minimum Gasteiger partial charge on any atom is -0.351 e. The Bertz CT molecular complexity index is 183. The van der Waals surface area contributed by atoms with Gasteiger partial charge in [0.1, 0.15) is 0 Å². The van der Waals surface area contributed by atoms with Crippen LogP contribution < -0.4 is 10.6 Å². The van der Waals surface area contributed by atoms with E-state index in [2.05, 4.69) is 10.6 Å². The molecule has 1 fully saturated rings. The molecule has 1 rings (SSSR count). The second-order valence-electron chi connectivity index (χ2n) is 4.78. The molecule has 1 aliphatic heterocycles. The summed E-state index contributed by atoms with van der Waals surface area (Å²) in [6.45, 7) is 7.94. The summed E-state index contributed by atoms with van der Waals surface area (Å²) in [5.74, 6) is 0.368. The van der Waals surface area contributed by atoms with Gasteiger partial charge in [-0.25, -0.2) is 0 Å². The summed E-state index contributed by atoms with van der Waals surface area (Å²) < 4.78 is 0. The first-order valence-corrected chi connectivity index (χ1v) is 5.02. The summed E-state index contributed by atoms with van der Waals surface area (Å²) in [5.41, 5.74) is -0.103. The lowest BCUT2D eigenvalue weighted by Gasteiger charge is -2.27. The van der Waals surface area contributed by atoms with E-state index in [1.807, 2.05) is 20.8 Å². The number of halogens is 1. The summed E-state index contributed by atoms with van der Waals surface area (Å²) in [4.78, 5) is 11.7. The van der Waals surface area contributed by atoms with Gasteiger partial charge >= 0.3 is 0 Å². The largest absolute Gasteiger partial charge is 0.351 e. The summed E-state index contributed by atoms with van der Waals surface area (Å²) in [5, 5.41) is 6.25. The van der Waals surface area contributed by atoms with Crippen molar-refractivity contribution in [2.75, 3.05) is 13.1 Å². The van der Waals surface area contributed by atoms with Crippen LogP contribution >= 0.6 is 12.4 Å². The average molecular weight is 221 g/mol. The molecule has 0 bridgehead atoms. The molecule has 1 saturated heterocycles. The molecule has 0 saturated carbocycles. The summed E-state index contributed by atoms with van der Waals surface area (Å²) in [6.07, 6.45) is 2.14. The minimum atomic E-state index is -0.103.